The van der Waals surface area contributed by atoms with Crippen molar-refractivity contribution in [3.8, 4) is 11.5 Å². The first kappa shape index (κ1) is 19.7. The van der Waals surface area contributed by atoms with Gasteiger partial charge in [-0.15, -0.1) is 0 Å². The average molecular weight is 392 g/mol. The number of hydrogen-bond donors (Lipinski definition) is 0. The first-order chi connectivity index (χ1) is 14.1. The van der Waals surface area contributed by atoms with Crippen LogP contribution in [0.4, 0.5) is 0 Å². The minimum atomic E-state index is -0.280. The lowest BCUT2D eigenvalue weighted by Crippen LogP contribution is -2.26. The van der Waals surface area contributed by atoms with Crippen LogP contribution in [0.5, 0.6) is 11.5 Å². The number of allylic oxidation sites excluding steroid dienone is 1. The van der Waals surface area contributed by atoms with Gasteiger partial charge in [0.25, 0.3) is 0 Å². The summed E-state index contributed by atoms with van der Waals surface area (Å²) < 4.78 is 17.1. The molecule has 4 nitrogen and oxygen atoms in total. The summed E-state index contributed by atoms with van der Waals surface area (Å²) in [6.07, 6.45) is 10.0. The first-order valence-corrected chi connectivity index (χ1v) is 10.3. The molecule has 29 heavy (non-hydrogen) atoms. The highest BCUT2D eigenvalue weighted by Crippen LogP contribution is 2.60. The Morgan fingerprint density at radius 2 is 1.76 bits per heavy atom. The Morgan fingerprint density at radius 3 is 2.52 bits per heavy atom. The Hall–Kier alpha value is -2.59. The summed E-state index contributed by atoms with van der Waals surface area (Å²) in [5.41, 5.74) is 1.39. The van der Waals surface area contributed by atoms with Gasteiger partial charge in [0.15, 0.2) is 0 Å². The van der Waals surface area contributed by atoms with Crippen LogP contribution >= 0.6 is 0 Å². The number of methoxy groups -OCH3 is 1. The van der Waals surface area contributed by atoms with Crippen LogP contribution < -0.4 is 4.74 Å². The molecular formula is C25H28O4. The maximum atomic E-state index is 11.3. The third-order valence-corrected chi connectivity index (χ3v) is 6.35. The summed E-state index contributed by atoms with van der Waals surface area (Å²) >= 11 is 0. The largest absolute Gasteiger partial charge is 0.466 e. The highest BCUT2D eigenvalue weighted by atomic mass is 16.5. The van der Waals surface area contributed by atoms with E-state index in [1.54, 1.807) is 6.08 Å². The third-order valence-electron chi connectivity index (χ3n) is 6.35. The van der Waals surface area contributed by atoms with Crippen molar-refractivity contribution in [1.29, 1.82) is 0 Å². The summed E-state index contributed by atoms with van der Waals surface area (Å²) in [6.45, 7) is 0.597. The number of carbonyl (C=O) groups excluding carboxylic acids is 1. The molecule has 0 aromatic heterocycles. The van der Waals surface area contributed by atoms with E-state index in [2.05, 4.69) is 16.9 Å². The van der Waals surface area contributed by atoms with E-state index in [9.17, 15) is 4.79 Å². The Bertz CT molecular complexity index is 863. The molecule has 2 aromatic rings. The molecule has 2 aromatic carbocycles. The Morgan fingerprint density at radius 1 is 1.00 bits per heavy atom. The SMILES string of the molecule is COC(=O)C=CCC12CCC(OCc3cccc(Oc4ccccc4)c3)(CC1)C2. The van der Waals surface area contributed by atoms with Gasteiger partial charge in [0.05, 0.1) is 19.3 Å². The number of fused-ring (bicyclic) bond motifs is 2. The van der Waals surface area contributed by atoms with E-state index in [1.165, 1.54) is 7.11 Å². The van der Waals surface area contributed by atoms with Gasteiger partial charge in [-0.1, -0.05) is 36.4 Å². The van der Waals surface area contributed by atoms with Gasteiger partial charge in [0, 0.05) is 6.08 Å². The molecule has 2 aliphatic carbocycles. The highest BCUT2D eigenvalue weighted by Gasteiger charge is 2.54. The van der Waals surface area contributed by atoms with E-state index in [0.717, 1.165) is 55.6 Å². The fourth-order valence-corrected chi connectivity index (χ4v) is 4.78. The Kier molecular flexibility index (Phi) is 5.72. The van der Waals surface area contributed by atoms with Crippen molar-refractivity contribution in [3.63, 3.8) is 0 Å². The second-order valence-corrected chi connectivity index (χ2v) is 8.34. The number of hydrogen-bond acceptors (Lipinski definition) is 4. The molecule has 0 amide bonds. The van der Waals surface area contributed by atoms with Gasteiger partial charge in [-0.05, 0) is 73.8 Å². The molecule has 2 saturated carbocycles. The molecular weight excluding hydrogens is 364 g/mol. The standard InChI is InChI=1S/C25H28O4/c1-27-23(26)11-6-12-24-13-15-25(19-24,16-14-24)28-18-20-7-5-10-22(17-20)29-21-8-3-2-4-9-21/h2-11,17H,12-16,18-19H2,1H3. The Balaban J connectivity index is 1.34. The lowest BCUT2D eigenvalue weighted by atomic mass is 9.81. The molecule has 2 bridgehead atoms. The number of para-hydroxylation sites is 1. The van der Waals surface area contributed by atoms with Crippen molar-refractivity contribution >= 4 is 5.97 Å². The maximum Gasteiger partial charge on any atom is 0.330 e. The van der Waals surface area contributed by atoms with E-state index in [-0.39, 0.29) is 17.0 Å². The van der Waals surface area contributed by atoms with Crippen LogP contribution in [0.25, 0.3) is 0 Å². The van der Waals surface area contributed by atoms with Crippen LogP contribution in [-0.2, 0) is 20.9 Å². The number of rotatable bonds is 8. The van der Waals surface area contributed by atoms with Crippen LogP contribution in [-0.4, -0.2) is 18.7 Å². The minimum Gasteiger partial charge on any atom is -0.466 e. The van der Waals surface area contributed by atoms with Gasteiger partial charge in [-0.3, -0.25) is 0 Å². The predicted molar refractivity (Wildman–Crippen MR) is 112 cm³/mol. The van der Waals surface area contributed by atoms with Crippen molar-refractivity contribution in [1.82, 2.24) is 0 Å². The molecule has 0 saturated heterocycles. The molecule has 0 spiro atoms. The van der Waals surface area contributed by atoms with Gasteiger partial charge in [-0.2, -0.15) is 0 Å². The van der Waals surface area contributed by atoms with E-state index in [4.69, 9.17) is 9.47 Å². The molecule has 0 unspecified atom stereocenters. The van der Waals surface area contributed by atoms with Crippen LogP contribution in [0.1, 0.15) is 44.1 Å². The summed E-state index contributed by atoms with van der Waals surface area (Å²) in [7, 11) is 1.41. The van der Waals surface area contributed by atoms with Crippen LogP contribution in [0.2, 0.25) is 0 Å². The zero-order chi connectivity index (χ0) is 20.2. The molecule has 4 heteroatoms. The molecule has 0 aliphatic heterocycles. The second kappa shape index (κ2) is 8.42. The Labute approximate surface area is 172 Å². The molecule has 4 rings (SSSR count). The highest BCUT2D eigenvalue weighted by molar-refractivity contribution is 5.81. The number of carbonyl (C=O) groups is 1. The summed E-state index contributed by atoms with van der Waals surface area (Å²) in [5.74, 6) is 1.38. The van der Waals surface area contributed by atoms with Gasteiger partial charge < -0.3 is 14.2 Å². The molecule has 152 valence electrons. The molecule has 0 N–H and O–H groups in total. The lowest BCUT2D eigenvalue weighted by Gasteiger charge is -2.27. The van der Waals surface area contributed by atoms with Crippen LogP contribution in [0.3, 0.4) is 0 Å². The predicted octanol–water partition coefficient (Wildman–Crippen LogP) is 5.82. The van der Waals surface area contributed by atoms with Crippen LogP contribution in [0, 0.1) is 5.41 Å². The van der Waals surface area contributed by atoms with Gasteiger partial charge in [-0.25, -0.2) is 4.79 Å². The number of benzene rings is 2. The number of ether oxygens (including phenoxy) is 3. The van der Waals surface area contributed by atoms with E-state index in [1.807, 2.05) is 48.5 Å². The maximum absolute atomic E-state index is 11.3. The van der Waals surface area contributed by atoms with E-state index < -0.39 is 0 Å². The molecule has 0 heterocycles. The fourth-order valence-electron chi connectivity index (χ4n) is 4.78. The smallest absolute Gasteiger partial charge is 0.330 e. The van der Waals surface area contributed by atoms with E-state index in [0.29, 0.717) is 6.61 Å². The second-order valence-electron chi connectivity index (χ2n) is 8.34. The summed E-state index contributed by atoms with van der Waals surface area (Å²) in [6, 6.07) is 17.9. The summed E-state index contributed by atoms with van der Waals surface area (Å²) in [4.78, 5) is 11.3. The topological polar surface area (TPSA) is 44.8 Å². The average Bonchev–Trinajstić information content (AvgIpc) is 3.30. The molecule has 0 atom stereocenters. The van der Waals surface area contributed by atoms with E-state index >= 15 is 0 Å². The van der Waals surface area contributed by atoms with Crippen molar-refractivity contribution in [2.45, 2.75) is 50.7 Å². The number of esters is 1. The van der Waals surface area contributed by atoms with Gasteiger partial charge in [0.1, 0.15) is 11.5 Å². The zero-order valence-electron chi connectivity index (χ0n) is 16.9. The van der Waals surface area contributed by atoms with Crippen LogP contribution in [0.15, 0.2) is 66.7 Å². The normalized spacial score (nSPS) is 25.4. The zero-order valence-corrected chi connectivity index (χ0v) is 16.9. The molecule has 2 fully saturated rings. The van der Waals surface area contributed by atoms with Crippen molar-refractivity contribution in [3.05, 3.63) is 72.3 Å². The van der Waals surface area contributed by atoms with Crippen molar-refractivity contribution in [2.24, 2.45) is 5.41 Å². The lowest BCUT2D eigenvalue weighted by molar-refractivity contribution is -0.134. The third kappa shape index (κ3) is 4.70. The fraction of sp³-hybridized carbons (Fsp3) is 0.400. The van der Waals surface area contributed by atoms with Gasteiger partial charge >= 0.3 is 5.97 Å². The monoisotopic (exact) mass is 392 g/mol. The van der Waals surface area contributed by atoms with Crippen molar-refractivity contribution in [2.75, 3.05) is 7.11 Å². The first-order valence-electron chi connectivity index (χ1n) is 10.3. The van der Waals surface area contributed by atoms with Crippen molar-refractivity contribution < 1.29 is 19.0 Å². The summed E-state index contributed by atoms with van der Waals surface area (Å²) in [5, 5.41) is 0. The minimum absolute atomic E-state index is 0.0185. The molecule has 0 radical (unpaired) electrons. The molecule has 2 aliphatic rings. The van der Waals surface area contributed by atoms with Gasteiger partial charge in [0.2, 0.25) is 0 Å². The quantitative estimate of drug-likeness (QED) is 0.420.